The molecule has 0 saturated heterocycles. The largest absolute Gasteiger partial charge is 0.310 e. The zero-order valence-corrected chi connectivity index (χ0v) is 12.1. The summed E-state index contributed by atoms with van der Waals surface area (Å²) < 4.78 is 0. The lowest BCUT2D eigenvalue weighted by Gasteiger charge is -2.17. The van der Waals surface area contributed by atoms with Crippen molar-refractivity contribution in [2.75, 3.05) is 6.54 Å². The van der Waals surface area contributed by atoms with E-state index in [9.17, 15) is 0 Å². The molecule has 0 aliphatic heterocycles. The molecule has 3 heteroatoms. The highest BCUT2D eigenvalue weighted by atomic mass is 35.5. The smallest absolute Gasteiger partial charge is 0.0406 e. The Morgan fingerprint density at radius 1 is 1.22 bits per heavy atom. The summed E-state index contributed by atoms with van der Waals surface area (Å²) in [4.78, 5) is 1.44. The number of nitrogens with one attached hydrogen (secondary N) is 1. The predicted molar refractivity (Wildman–Crippen MR) is 80.5 cm³/mol. The van der Waals surface area contributed by atoms with Gasteiger partial charge in [-0.1, -0.05) is 36.7 Å². The summed E-state index contributed by atoms with van der Waals surface area (Å²) >= 11 is 7.73. The van der Waals surface area contributed by atoms with Gasteiger partial charge in [0.2, 0.25) is 0 Å². The van der Waals surface area contributed by atoms with Crippen LogP contribution < -0.4 is 5.32 Å². The molecule has 0 saturated carbocycles. The van der Waals surface area contributed by atoms with E-state index in [-0.39, 0.29) is 0 Å². The van der Waals surface area contributed by atoms with Crippen molar-refractivity contribution in [2.24, 2.45) is 0 Å². The van der Waals surface area contributed by atoms with Crippen LogP contribution in [0, 0.1) is 0 Å². The first-order chi connectivity index (χ1) is 8.79. The van der Waals surface area contributed by atoms with Gasteiger partial charge in [-0.3, -0.25) is 0 Å². The van der Waals surface area contributed by atoms with Gasteiger partial charge in [-0.2, -0.15) is 0 Å². The van der Waals surface area contributed by atoms with E-state index in [1.54, 1.807) is 0 Å². The Balaban J connectivity index is 1.87. The van der Waals surface area contributed by atoms with E-state index < -0.39 is 0 Å². The fourth-order valence-electron chi connectivity index (χ4n) is 2.02. The molecule has 1 aromatic heterocycles. The molecule has 1 unspecified atom stereocenters. The SMILES string of the molecule is CCC(NCCc1cccs1)c1ccc(Cl)cc1. The number of hydrogen-bond donors (Lipinski definition) is 1. The quantitative estimate of drug-likeness (QED) is 0.809. The fraction of sp³-hybridized carbons (Fsp3) is 0.333. The first kappa shape index (κ1) is 13.6. The lowest BCUT2D eigenvalue weighted by molar-refractivity contribution is 0.524. The summed E-state index contributed by atoms with van der Waals surface area (Å²) in [5.74, 6) is 0. The van der Waals surface area contributed by atoms with Gasteiger partial charge < -0.3 is 5.32 Å². The second-order valence-corrected chi connectivity index (χ2v) is 5.76. The van der Waals surface area contributed by atoms with E-state index >= 15 is 0 Å². The summed E-state index contributed by atoms with van der Waals surface area (Å²) in [5.41, 5.74) is 1.31. The van der Waals surface area contributed by atoms with Crippen LogP contribution in [0.5, 0.6) is 0 Å². The first-order valence-electron chi connectivity index (χ1n) is 6.31. The van der Waals surface area contributed by atoms with Gasteiger partial charge in [0.05, 0.1) is 0 Å². The van der Waals surface area contributed by atoms with E-state index in [0.29, 0.717) is 6.04 Å². The molecule has 1 heterocycles. The normalized spacial score (nSPS) is 12.6. The van der Waals surface area contributed by atoms with Crippen LogP contribution in [0.15, 0.2) is 41.8 Å². The third-order valence-corrected chi connectivity index (χ3v) is 4.21. The summed E-state index contributed by atoms with van der Waals surface area (Å²) in [6.07, 6.45) is 2.19. The van der Waals surface area contributed by atoms with Gasteiger partial charge in [0.1, 0.15) is 0 Å². The van der Waals surface area contributed by atoms with E-state index in [2.05, 4.69) is 41.9 Å². The van der Waals surface area contributed by atoms with Gasteiger partial charge in [0.15, 0.2) is 0 Å². The van der Waals surface area contributed by atoms with Crippen LogP contribution >= 0.6 is 22.9 Å². The molecule has 0 fully saturated rings. The van der Waals surface area contributed by atoms with E-state index in [1.165, 1.54) is 10.4 Å². The summed E-state index contributed by atoms with van der Waals surface area (Å²) in [6, 6.07) is 12.8. The Bertz CT molecular complexity index is 450. The lowest BCUT2D eigenvalue weighted by Crippen LogP contribution is -2.22. The summed E-state index contributed by atoms with van der Waals surface area (Å²) in [7, 11) is 0. The molecule has 2 aromatic rings. The van der Waals surface area contributed by atoms with Crippen LogP contribution in [-0.4, -0.2) is 6.54 Å². The van der Waals surface area contributed by atoms with E-state index in [0.717, 1.165) is 24.4 Å². The van der Waals surface area contributed by atoms with Crippen LogP contribution in [0.3, 0.4) is 0 Å². The van der Waals surface area contributed by atoms with Crippen LogP contribution in [0.4, 0.5) is 0 Å². The topological polar surface area (TPSA) is 12.0 Å². The molecular weight excluding hydrogens is 262 g/mol. The van der Waals surface area contributed by atoms with Crippen LogP contribution in [0.1, 0.15) is 29.8 Å². The molecule has 1 atom stereocenters. The summed E-state index contributed by atoms with van der Waals surface area (Å²) in [6.45, 7) is 3.22. The van der Waals surface area contributed by atoms with Gasteiger partial charge >= 0.3 is 0 Å². The summed E-state index contributed by atoms with van der Waals surface area (Å²) in [5, 5.41) is 6.54. The van der Waals surface area contributed by atoms with Crippen molar-refractivity contribution in [3.8, 4) is 0 Å². The lowest BCUT2D eigenvalue weighted by atomic mass is 10.0. The van der Waals surface area contributed by atoms with Crippen molar-refractivity contribution in [2.45, 2.75) is 25.8 Å². The molecule has 0 spiro atoms. The zero-order valence-electron chi connectivity index (χ0n) is 10.5. The molecule has 96 valence electrons. The van der Waals surface area contributed by atoms with Crippen molar-refractivity contribution in [3.63, 3.8) is 0 Å². The molecular formula is C15H18ClNS. The number of rotatable bonds is 6. The number of thiophene rings is 1. The number of hydrogen-bond acceptors (Lipinski definition) is 2. The molecule has 1 aromatic carbocycles. The molecule has 1 nitrogen and oxygen atoms in total. The average Bonchev–Trinajstić information content (AvgIpc) is 2.89. The van der Waals surface area contributed by atoms with Gasteiger partial charge in [0, 0.05) is 22.5 Å². The maximum atomic E-state index is 5.91. The maximum Gasteiger partial charge on any atom is 0.0406 e. The Morgan fingerprint density at radius 3 is 2.61 bits per heavy atom. The Morgan fingerprint density at radius 2 is 2.00 bits per heavy atom. The van der Waals surface area contributed by atoms with E-state index in [1.807, 2.05) is 23.5 Å². The van der Waals surface area contributed by atoms with Crippen molar-refractivity contribution < 1.29 is 0 Å². The second kappa shape index (κ2) is 6.93. The first-order valence-corrected chi connectivity index (χ1v) is 7.56. The highest BCUT2D eigenvalue weighted by Crippen LogP contribution is 2.19. The molecule has 0 amide bonds. The molecule has 0 aliphatic rings. The third kappa shape index (κ3) is 3.84. The zero-order chi connectivity index (χ0) is 12.8. The highest BCUT2D eigenvalue weighted by molar-refractivity contribution is 7.09. The van der Waals surface area contributed by atoms with Crippen molar-refractivity contribution >= 4 is 22.9 Å². The molecule has 2 rings (SSSR count). The number of benzene rings is 1. The fourth-order valence-corrected chi connectivity index (χ4v) is 2.85. The minimum atomic E-state index is 0.419. The van der Waals surface area contributed by atoms with Crippen molar-refractivity contribution in [1.29, 1.82) is 0 Å². The number of halogens is 1. The molecule has 0 radical (unpaired) electrons. The molecule has 0 bridgehead atoms. The highest BCUT2D eigenvalue weighted by Gasteiger charge is 2.08. The Kier molecular flexibility index (Phi) is 5.24. The van der Waals surface area contributed by atoms with Crippen LogP contribution in [-0.2, 0) is 6.42 Å². The van der Waals surface area contributed by atoms with Crippen LogP contribution in [0.2, 0.25) is 5.02 Å². The second-order valence-electron chi connectivity index (χ2n) is 4.30. The average molecular weight is 280 g/mol. The maximum absolute atomic E-state index is 5.91. The molecule has 0 aliphatic carbocycles. The van der Waals surface area contributed by atoms with Crippen LogP contribution in [0.25, 0.3) is 0 Å². The van der Waals surface area contributed by atoms with E-state index in [4.69, 9.17) is 11.6 Å². The molecule has 18 heavy (non-hydrogen) atoms. The van der Waals surface area contributed by atoms with Gasteiger partial charge in [0.25, 0.3) is 0 Å². The van der Waals surface area contributed by atoms with Crippen molar-refractivity contribution in [3.05, 3.63) is 57.2 Å². The Labute approximate surface area is 118 Å². The van der Waals surface area contributed by atoms with Crippen molar-refractivity contribution in [1.82, 2.24) is 5.32 Å². The predicted octanol–water partition coefficient (Wildman–Crippen LogP) is 4.68. The standard InChI is InChI=1S/C15H18ClNS/c1-2-15(12-5-7-13(16)8-6-12)17-10-9-14-4-3-11-18-14/h3-8,11,15,17H,2,9-10H2,1H3. The van der Waals surface area contributed by atoms with Gasteiger partial charge in [-0.25, -0.2) is 0 Å². The minimum Gasteiger partial charge on any atom is -0.310 e. The molecule has 1 N–H and O–H groups in total. The van der Waals surface area contributed by atoms with Gasteiger partial charge in [-0.15, -0.1) is 11.3 Å². The Hall–Kier alpha value is -0.830. The third-order valence-electron chi connectivity index (χ3n) is 3.02. The minimum absolute atomic E-state index is 0.419. The monoisotopic (exact) mass is 279 g/mol. The van der Waals surface area contributed by atoms with Gasteiger partial charge in [-0.05, 0) is 42.0 Å².